The van der Waals surface area contributed by atoms with E-state index < -0.39 is 9.84 Å². The standard InChI is InChI=1S/C12H20N2O2S/c1-10-8-11(4-5-12(10)13)9-14(2)6-7-17(3,15)16/h4-5,8H,6-7,9,13H2,1-3H3. The molecule has 0 fully saturated rings. The molecule has 96 valence electrons. The normalized spacial score (nSPS) is 12.0. The molecule has 0 unspecified atom stereocenters. The van der Waals surface area contributed by atoms with E-state index in [1.165, 1.54) is 6.26 Å². The van der Waals surface area contributed by atoms with Crippen LogP contribution in [0.25, 0.3) is 0 Å². The molecular formula is C12H20N2O2S. The highest BCUT2D eigenvalue weighted by atomic mass is 32.2. The number of hydrogen-bond acceptors (Lipinski definition) is 4. The third-order valence-electron chi connectivity index (χ3n) is 2.63. The molecule has 1 aromatic rings. The zero-order valence-electron chi connectivity index (χ0n) is 10.6. The Hall–Kier alpha value is -1.07. The number of nitrogens with zero attached hydrogens (tertiary/aromatic N) is 1. The lowest BCUT2D eigenvalue weighted by Gasteiger charge is -2.16. The number of nitrogen functional groups attached to an aromatic ring is 1. The summed E-state index contributed by atoms with van der Waals surface area (Å²) in [5.74, 6) is 0.192. The fraction of sp³-hybridized carbons (Fsp3) is 0.500. The molecule has 1 rings (SSSR count). The van der Waals surface area contributed by atoms with Crippen molar-refractivity contribution in [2.45, 2.75) is 13.5 Å². The average Bonchev–Trinajstić information content (AvgIpc) is 2.20. The van der Waals surface area contributed by atoms with Crippen molar-refractivity contribution in [2.75, 3.05) is 31.3 Å². The molecule has 0 atom stereocenters. The second kappa shape index (κ2) is 5.51. The van der Waals surface area contributed by atoms with Gasteiger partial charge in [0.25, 0.3) is 0 Å². The van der Waals surface area contributed by atoms with Crippen molar-refractivity contribution < 1.29 is 8.42 Å². The van der Waals surface area contributed by atoms with Gasteiger partial charge in [-0.25, -0.2) is 8.42 Å². The molecule has 0 spiro atoms. The van der Waals surface area contributed by atoms with Gasteiger partial charge in [-0.2, -0.15) is 0 Å². The first-order valence-electron chi connectivity index (χ1n) is 5.49. The predicted molar refractivity (Wildman–Crippen MR) is 71.6 cm³/mol. The maximum absolute atomic E-state index is 11.0. The highest BCUT2D eigenvalue weighted by Crippen LogP contribution is 2.13. The van der Waals surface area contributed by atoms with Crippen molar-refractivity contribution in [3.8, 4) is 0 Å². The highest BCUT2D eigenvalue weighted by Gasteiger charge is 2.06. The van der Waals surface area contributed by atoms with Gasteiger partial charge in [-0.1, -0.05) is 12.1 Å². The number of aryl methyl sites for hydroxylation is 1. The first kappa shape index (κ1) is 14.0. The van der Waals surface area contributed by atoms with Gasteiger partial charge in [-0.15, -0.1) is 0 Å². The number of nitrogens with two attached hydrogens (primary N) is 1. The predicted octanol–water partition coefficient (Wildman–Crippen LogP) is 1.05. The zero-order chi connectivity index (χ0) is 13.1. The molecule has 0 amide bonds. The van der Waals surface area contributed by atoms with Crippen LogP contribution in [0.5, 0.6) is 0 Å². The molecule has 0 saturated heterocycles. The van der Waals surface area contributed by atoms with Crippen LogP contribution in [0.4, 0.5) is 5.69 Å². The first-order chi connectivity index (χ1) is 7.78. The van der Waals surface area contributed by atoms with Crippen molar-refractivity contribution in [1.29, 1.82) is 0 Å². The maximum atomic E-state index is 11.0. The molecule has 0 aliphatic heterocycles. The van der Waals surface area contributed by atoms with Crippen LogP contribution in [0.3, 0.4) is 0 Å². The molecule has 5 heteroatoms. The Morgan fingerprint density at radius 1 is 1.35 bits per heavy atom. The van der Waals surface area contributed by atoms with Crippen LogP contribution in [0.1, 0.15) is 11.1 Å². The van der Waals surface area contributed by atoms with E-state index in [1.54, 1.807) is 0 Å². The van der Waals surface area contributed by atoms with E-state index in [4.69, 9.17) is 5.73 Å². The van der Waals surface area contributed by atoms with Crippen LogP contribution in [0.2, 0.25) is 0 Å². The van der Waals surface area contributed by atoms with Gasteiger partial charge in [0.1, 0.15) is 9.84 Å². The summed E-state index contributed by atoms with van der Waals surface area (Å²) < 4.78 is 22.1. The zero-order valence-corrected chi connectivity index (χ0v) is 11.4. The molecule has 0 heterocycles. The number of sulfone groups is 1. The van der Waals surface area contributed by atoms with Gasteiger partial charge in [0.15, 0.2) is 0 Å². The van der Waals surface area contributed by atoms with E-state index in [2.05, 4.69) is 0 Å². The van der Waals surface area contributed by atoms with Crippen LogP contribution < -0.4 is 5.73 Å². The van der Waals surface area contributed by atoms with E-state index in [0.29, 0.717) is 6.54 Å². The fourth-order valence-corrected chi connectivity index (χ4v) is 2.19. The van der Waals surface area contributed by atoms with E-state index in [9.17, 15) is 8.42 Å². The maximum Gasteiger partial charge on any atom is 0.148 e. The number of anilines is 1. The highest BCUT2D eigenvalue weighted by molar-refractivity contribution is 7.90. The number of rotatable bonds is 5. The Morgan fingerprint density at radius 2 is 2.00 bits per heavy atom. The summed E-state index contributed by atoms with van der Waals surface area (Å²) in [7, 11) is -0.974. The molecule has 2 N–H and O–H groups in total. The number of benzene rings is 1. The Kier molecular flexibility index (Phi) is 4.54. The van der Waals surface area contributed by atoms with Crippen LogP contribution in [-0.4, -0.2) is 38.9 Å². The topological polar surface area (TPSA) is 63.4 Å². The molecule has 0 radical (unpaired) electrons. The minimum Gasteiger partial charge on any atom is -0.399 e. The fourth-order valence-electron chi connectivity index (χ4n) is 1.55. The second-order valence-corrected chi connectivity index (χ2v) is 6.82. The summed E-state index contributed by atoms with van der Waals surface area (Å²) in [5, 5.41) is 0. The third-order valence-corrected chi connectivity index (χ3v) is 3.55. The SMILES string of the molecule is Cc1cc(CN(C)CCS(C)(=O)=O)ccc1N. The van der Waals surface area contributed by atoms with Crippen molar-refractivity contribution in [1.82, 2.24) is 4.90 Å². The van der Waals surface area contributed by atoms with E-state index in [1.807, 2.05) is 37.1 Å². The third kappa shape index (κ3) is 5.19. The molecular weight excluding hydrogens is 236 g/mol. The van der Waals surface area contributed by atoms with Crippen molar-refractivity contribution in [3.63, 3.8) is 0 Å². The van der Waals surface area contributed by atoms with Crippen LogP contribution in [0, 0.1) is 6.92 Å². The van der Waals surface area contributed by atoms with Gasteiger partial charge in [0.05, 0.1) is 5.75 Å². The summed E-state index contributed by atoms with van der Waals surface area (Å²) in [6.07, 6.45) is 1.26. The monoisotopic (exact) mass is 256 g/mol. The minimum absolute atomic E-state index is 0.192. The lowest BCUT2D eigenvalue weighted by Crippen LogP contribution is -2.24. The molecule has 0 aromatic heterocycles. The summed E-state index contributed by atoms with van der Waals surface area (Å²) in [4.78, 5) is 1.99. The van der Waals surface area contributed by atoms with E-state index >= 15 is 0 Å². The molecule has 4 nitrogen and oxygen atoms in total. The summed E-state index contributed by atoms with van der Waals surface area (Å²) in [6, 6.07) is 5.89. The average molecular weight is 256 g/mol. The van der Waals surface area contributed by atoms with Gasteiger partial charge in [0.2, 0.25) is 0 Å². The largest absolute Gasteiger partial charge is 0.399 e. The number of hydrogen-bond donors (Lipinski definition) is 1. The Morgan fingerprint density at radius 3 is 2.53 bits per heavy atom. The Balaban J connectivity index is 2.56. The molecule has 0 aliphatic rings. The molecule has 0 saturated carbocycles. The second-order valence-electron chi connectivity index (χ2n) is 4.56. The summed E-state index contributed by atoms with van der Waals surface area (Å²) >= 11 is 0. The molecule has 0 bridgehead atoms. The smallest absolute Gasteiger partial charge is 0.148 e. The van der Waals surface area contributed by atoms with Gasteiger partial charge >= 0.3 is 0 Å². The van der Waals surface area contributed by atoms with Crippen molar-refractivity contribution >= 4 is 15.5 Å². The molecule has 0 aliphatic carbocycles. The lowest BCUT2D eigenvalue weighted by molar-refractivity contribution is 0.346. The van der Waals surface area contributed by atoms with E-state index in [-0.39, 0.29) is 5.75 Å². The molecule has 17 heavy (non-hydrogen) atoms. The van der Waals surface area contributed by atoms with Crippen LogP contribution in [-0.2, 0) is 16.4 Å². The Labute approximate surface area is 103 Å². The Bertz CT molecular complexity index is 483. The van der Waals surface area contributed by atoms with Gasteiger partial charge in [0, 0.05) is 25.0 Å². The van der Waals surface area contributed by atoms with Crippen molar-refractivity contribution in [2.24, 2.45) is 0 Å². The van der Waals surface area contributed by atoms with Gasteiger partial charge in [-0.3, -0.25) is 0 Å². The summed E-state index contributed by atoms with van der Waals surface area (Å²) in [6.45, 7) is 3.24. The van der Waals surface area contributed by atoms with Crippen LogP contribution >= 0.6 is 0 Å². The van der Waals surface area contributed by atoms with E-state index in [0.717, 1.165) is 23.4 Å². The van der Waals surface area contributed by atoms with Crippen LogP contribution in [0.15, 0.2) is 18.2 Å². The lowest BCUT2D eigenvalue weighted by atomic mass is 10.1. The minimum atomic E-state index is -2.89. The summed E-state index contributed by atoms with van der Waals surface area (Å²) in [5.41, 5.74) is 8.73. The van der Waals surface area contributed by atoms with Gasteiger partial charge < -0.3 is 10.6 Å². The quantitative estimate of drug-likeness (QED) is 0.800. The first-order valence-corrected chi connectivity index (χ1v) is 7.55. The molecule has 1 aromatic carbocycles. The van der Waals surface area contributed by atoms with Gasteiger partial charge in [-0.05, 0) is 31.2 Å². The van der Waals surface area contributed by atoms with Crippen molar-refractivity contribution in [3.05, 3.63) is 29.3 Å².